The van der Waals surface area contributed by atoms with Gasteiger partial charge in [-0.15, -0.1) is 10.2 Å². The lowest BCUT2D eigenvalue weighted by molar-refractivity contribution is 0.0678. The largest absolute Gasteiger partial charge is 0.377 e. The van der Waals surface area contributed by atoms with Crippen LogP contribution in [0.1, 0.15) is 24.3 Å². The Kier molecular flexibility index (Phi) is 3.88. The summed E-state index contributed by atoms with van der Waals surface area (Å²) < 4.78 is 7.50. The van der Waals surface area contributed by atoms with Crippen molar-refractivity contribution >= 4 is 5.65 Å². The number of nitrogens with zero attached hydrogens (tertiary/aromatic N) is 4. The third kappa shape index (κ3) is 2.49. The Hall–Kier alpha value is -1.53. The maximum Gasteiger partial charge on any atom is 0.164 e. The van der Waals surface area contributed by atoms with Gasteiger partial charge < -0.3 is 10.5 Å². The van der Waals surface area contributed by atoms with Crippen LogP contribution in [0, 0.1) is 13.8 Å². The minimum absolute atomic E-state index is 0.0249. The zero-order valence-electron chi connectivity index (χ0n) is 11.1. The average Bonchev–Trinajstić information content (AvgIpc) is 2.71. The van der Waals surface area contributed by atoms with Gasteiger partial charge in [-0.2, -0.15) is 0 Å². The van der Waals surface area contributed by atoms with Crippen LogP contribution < -0.4 is 5.73 Å². The van der Waals surface area contributed by atoms with Crippen molar-refractivity contribution in [3.63, 3.8) is 0 Å². The lowest BCUT2D eigenvalue weighted by Crippen LogP contribution is -2.27. The lowest BCUT2D eigenvalue weighted by Gasteiger charge is -2.13. The maximum absolute atomic E-state index is 5.68. The molecule has 0 amide bonds. The van der Waals surface area contributed by atoms with Gasteiger partial charge >= 0.3 is 0 Å². The van der Waals surface area contributed by atoms with Crippen molar-refractivity contribution in [1.82, 2.24) is 19.6 Å². The molecule has 2 N–H and O–H groups in total. The van der Waals surface area contributed by atoms with Gasteiger partial charge in [-0.1, -0.05) is 0 Å². The van der Waals surface area contributed by atoms with Gasteiger partial charge in [-0.3, -0.25) is 4.40 Å². The minimum Gasteiger partial charge on any atom is -0.377 e. The minimum atomic E-state index is -0.0249. The Morgan fingerprint density at radius 1 is 1.39 bits per heavy atom. The van der Waals surface area contributed by atoms with E-state index in [1.807, 2.05) is 31.2 Å². The number of aromatic nitrogens is 4. The summed E-state index contributed by atoms with van der Waals surface area (Å²) in [7, 11) is 0. The quantitative estimate of drug-likeness (QED) is 0.841. The Balaban J connectivity index is 2.34. The molecule has 18 heavy (non-hydrogen) atoms. The third-order valence-corrected chi connectivity index (χ3v) is 2.83. The second-order valence-electron chi connectivity index (χ2n) is 4.27. The summed E-state index contributed by atoms with van der Waals surface area (Å²) in [4.78, 5) is 4.42. The molecule has 0 bridgehead atoms. The lowest BCUT2D eigenvalue weighted by atomic mass is 10.2. The molecule has 2 aromatic rings. The second-order valence-corrected chi connectivity index (χ2v) is 4.27. The van der Waals surface area contributed by atoms with Crippen LogP contribution in [0.4, 0.5) is 0 Å². The fourth-order valence-corrected chi connectivity index (χ4v) is 2.08. The van der Waals surface area contributed by atoms with Crippen molar-refractivity contribution < 1.29 is 4.74 Å². The highest BCUT2D eigenvalue weighted by Crippen LogP contribution is 2.10. The highest BCUT2D eigenvalue weighted by molar-refractivity contribution is 5.39. The van der Waals surface area contributed by atoms with Crippen LogP contribution in [-0.2, 0) is 11.2 Å². The molecule has 0 aromatic carbocycles. The highest BCUT2D eigenvalue weighted by atomic mass is 16.5. The number of nitrogens with two attached hydrogens (primary N) is 1. The molecular formula is C12H19N5O. The molecule has 2 rings (SSSR count). The van der Waals surface area contributed by atoms with E-state index >= 15 is 0 Å². The van der Waals surface area contributed by atoms with Crippen LogP contribution in [-0.4, -0.2) is 38.8 Å². The molecule has 0 fully saturated rings. The predicted molar refractivity (Wildman–Crippen MR) is 68.4 cm³/mol. The molecule has 6 heteroatoms. The molecule has 0 saturated heterocycles. The van der Waals surface area contributed by atoms with Crippen molar-refractivity contribution in [2.75, 3.05) is 13.2 Å². The monoisotopic (exact) mass is 249 g/mol. The van der Waals surface area contributed by atoms with Crippen LogP contribution >= 0.6 is 0 Å². The first-order valence-electron chi connectivity index (χ1n) is 6.15. The summed E-state index contributed by atoms with van der Waals surface area (Å²) in [5.74, 6) is 1.73. The van der Waals surface area contributed by atoms with E-state index in [9.17, 15) is 0 Å². The summed E-state index contributed by atoms with van der Waals surface area (Å²) >= 11 is 0. The normalized spacial score (nSPS) is 13.1. The predicted octanol–water partition coefficient (Wildman–Crippen LogP) is 0.647. The van der Waals surface area contributed by atoms with E-state index < -0.39 is 0 Å². The standard InChI is InChI=1S/C12H19N5O/c1-4-18-10(7-13)6-12-16-15-11-5-8(2)14-9(3)17(11)12/h5,10H,4,6-7,13H2,1-3H3. The Labute approximate surface area is 106 Å². The highest BCUT2D eigenvalue weighted by Gasteiger charge is 2.14. The molecule has 0 radical (unpaired) electrons. The van der Waals surface area contributed by atoms with Crippen molar-refractivity contribution in [2.24, 2.45) is 5.73 Å². The molecule has 0 spiro atoms. The second kappa shape index (κ2) is 5.41. The maximum atomic E-state index is 5.68. The molecule has 2 aromatic heterocycles. The molecule has 1 atom stereocenters. The smallest absolute Gasteiger partial charge is 0.164 e. The zero-order valence-corrected chi connectivity index (χ0v) is 11.1. The molecule has 0 aliphatic rings. The Morgan fingerprint density at radius 3 is 2.83 bits per heavy atom. The van der Waals surface area contributed by atoms with E-state index in [0.717, 1.165) is 23.0 Å². The van der Waals surface area contributed by atoms with E-state index in [4.69, 9.17) is 10.5 Å². The average molecular weight is 249 g/mol. The third-order valence-electron chi connectivity index (χ3n) is 2.83. The SMILES string of the molecule is CCOC(CN)Cc1nnc2cc(C)nc(C)n12. The Morgan fingerprint density at radius 2 is 2.17 bits per heavy atom. The first kappa shape index (κ1) is 12.9. The van der Waals surface area contributed by atoms with E-state index in [1.165, 1.54) is 0 Å². The zero-order chi connectivity index (χ0) is 13.1. The molecule has 98 valence electrons. The number of rotatable bonds is 5. The van der Waals surface area contributed by atoms with Crippen molar-refractivity contribution in [2.45, 2.75) is 33.3 Å². The fraction of sp³-hybridized carbons (Fsp3) is 0.583. The summed E-state index contributed by atoms with van der Waals surface area (Å²) in [6, 6.07) is 1.92. The number of aryl methyl sites for hydroxylation is 2. The molecular weight excluding hydrogens is 230 g/mol. The summed E-state index contributed by atoms with van der Waals surface area (Å²) in [6.07, 6.45) is 0.625. The van der Waals surface area contributed by atoms with Crippen LogP contribution in [0.5, 0.6) is 0 Å². The number of hydrogen-bond acceptors (Lipinski definition) is 5. The van der Waals surface area contributed by atoms with E-state index in [2.05, 4.69) is 15.2 Å². The molecule has 0 aliphatic heterocycles. The van der Waals surface area contributed by atoms with Gasteiger partial charge in [0.15, 0.2) is 5.65 Å². The van der Waals surface area contributed by atoms with Gasteiger partial charge in [0.05, 0.1) is 6.10 Å². The van der Waals surface area contributed by atoms with Crippen molar-refractivity contribution in [3.8, 4) is 0 Å². The summed E-state index contributed by atoms with van der Waals surface area (Å²) in [6.45, 7) is 6.98. The molecule has 1 unspecified atom stereocenters. The molecule has 0 saturated carbocycles. The van der Waals surface area contributed by atoms with Gasteiger partial charge in [0.25, 0.3) is 0 Å². The van der Waals surface area contributed by atoms with Crippen LogP contribution in [0.3, 0.4) is 0 Å². The molecule has 2 heterocycles. The van der Waals surface area contributed by atoms with Gasteiger partial charge in [0.2, 0.25) is 0 Å². The fourth-order valence-electron chi connectivity index (χ4n) is 2.08. The van der Waals surface area contributed by atoms with E-state index in [0.29, 0.717) is 19.6 Å². The topological polar surface area (TPSA) is 78.3 Å². The van der Waals surface area contributed by atoms with Crippen molar-refractivity contribution in [3.05, 3.63) is 23.4 Å². The van der Waals surface area contributed by atoms with Crippen LogP contribution in [0.2, 0.25) is 0 Å². The first-order chi connectivity index (χ1) is 8.65. The van der Waals surface area contributed by atoms with Crippen molar-refractivity contribution in [1.29, 1.82) is 0 Å². The Bertz CT molecular complexity index is 536. The van der Waals surface area contributed by atoms with Gasteiger partial charge in [-0.05, 0) is 20.8 Å². The van der Waals surface area contributed by atoms with Crippen LogP contribution in [0.25, 0.3) is 5.65 Å². The first-order valence-corrected chi connectivity index (χ1v) is 6.15. The van der Waals surface area contributed by atoms with Gasteiger partial charge in [0.1, 0.15) is 11.6 Å². The van der Waals surface area contributed by atoms with Gasteiger partial charge in [-0.25, -0.2) is 4.98 Å². The van der Waals surface area contributed by atoms with E-state index in [1.54, 1.807) is 0 Å². The number of fused-ring (bicyclic) bond motifs is 1. The van der Waals surface area contributed by atoms with E-state index in [-0.39, 0.29) is 6.10 Å². The van der Waals surface area contributed by atoms with Gasteiger partial charge in [0, 0.05) is 31.3 Å². The number of hydrogen-bond donors (Lipinski definition) is 1. The molecule has 0 aliphatic carbocycles. The molecule has 6 nitrogen and oxygen atoms in total. The summed E-state index contributed by atoms with van der Waals surface area (Å²) in [5.41, 5.74) is 7.45. The number of ether oxygens (including phenoxy) is 1. The van der Waals surface area contributed by atoms with Crippen LogP contribution in [0.15, 0.2) is 6.07 Å². The summed E-state index contributed by atoms with van der Waals surface area (Å²) in [5, 5.41) is 8.37.